The van der Waals surface area contributed by atoms with Gasteiger partial charge >= 0.3 is 6.18 Å². The zero-order valence-electron chi connectivity index (χ0n) is 12.7. The molecule has 2 aromatic rings. The number of aliphatic hydroxyl groups is 1. The van der Waals surface area contributed by atoms with Crippen molar-refractivity contribution in [2.45, 2.75) is 25.6 Å². The van der Waals surface area contributed by atoms with Crippen LogP contribution in [-0.2, 0) is 11.0 Å². The zero-order valence-corrected chi connectivity index (χ0v) is 12.7. The molecule has 2 N–H and O–H groups in total. The second-order valence-corrected chi connectivity index (χ2v) is 5.30. The molecule has 0 heterocycles. The van der Waals surface area contributed by atoms with Crippen molar-refractivity contribution < 1.29 is 27.5 Å². The van der Waals surface area contributed by atoms with E-state index in [2.05, 4.69) is 5.32 Å². The number of benzene rings is 2. The van der Waals surface area contributed by atoms with Crippen molar-refractivity contribution >= 4 is 11.6 Å². The van der Waals surface area contributed by atoms with Gasteiger partial charge in [-0.15, -0.1) is 0 Å². The smallest absolute Gasteiger partial charge is 0.388 e. The molecule has 24 heavy (non-hydrogen) atoms. The first-order valence-electron chi connectivity index (χ1n) is 7.08. The molecule has 0 aliphatic carbocycles. The van der Waals surface area contributed by atoms with Crippen LogP contribution in [0.2, 0.25) is 0 Å². The van der Waals surface area contributed by atoms with Crippen molar-refractivity contribution in [1.82, 2.24) is 0 Å². The SMILES string of the molecule is Cc1c(NC(=O)CC(O)c2cccc(F)c2)cccc1C(F)(F)F. The molecule has 128 valence electrons. The fourth-order valence-electron chi connectivity index (χ4n) is 2.29. The third-order valence-corrected chi connectivity index (χ3v) is 3.53. The van der Waals surface area contributed by atoms with Crippen LogP contribution >= 0.6 is 0 Å². The van der Waals surface area contributed by atoms with Crippen LogP contribution in [-0.4, -0.2) is 11.0 Å². The Labute approximate surface area is 135 Å². The first kappa shape index (κ1) is 17.9. The Bertz CT molecular complexity index is 744. The van der Waals surface area contributed by atoms with E-state index in [1.54, 1.807) is 0 Å². The number of rotatable bonds is 4. The molecule has 1 amide bonds. The van der Waals surface area contributed by atoms with Crippen LogP contribution in [0.4, 0.5) is 23.2 Å². The van der Waals surface area contributed by atoms with E-state index in [-0.39, 0.29) is 16.8 Å². The second-order valence-electron chi connectivity index (χ2n) is 5.30. The summed E-state index contributed by atoms with van der Waals surface area (Å²) in [6.07, 6.45) is -6.18. The highest BCUT2D eigenvalue weighted by molar-refractivity contribution is 5.92. The van der Waals surface area contributed by atoms with Gasteiger partial charge in [-0.3, -0.25) is 4.79 Å². The molecule has 0 saturated heterocycles. The predicted octanol–water partition coefficient (Wildman–Crippen LogP) is 4.22. The van der Waals surface area contributed by atoms with Gasteiger partial charge in [-0.1, -0.05) is 18.2 Å². The van der Waals surface area contributed by atoms with Gasteiger partial charge in [-0.05, 0) is 42.3 Å². The Balaban J connectivity index is 2.10. The summed E-state index contributed by atoms with van der Waals surface area (Å²) in [5.41, 5.74) is -0.725. The van der Waals surface area contributed by atoms with Crippen LogP contribution in [0.25, 0.3) is 0 Å². The lowest BCUT2D eigenvalue weighted by molar-refractivity contribution is -0.138. The zero-order chi connectivity index (χ0) is 17.9. The highest BCUT2D eigenvalue weighted by atomic mass is 19.4. The molecule has 0 fully saturated rings. The maximum atomic E-state index is 13.1. The van der Waals surface area contributed by atoms with E-state index in [9.17, 15) is 27.5 Å². The number of carbonyl (C=O) groups excluding carboxylic acids is 1. The number of halogens is 4. The Morgan fingerprint density at radius 2 is 1.88 bits per heavy atom. The number of anilines is 1. The van der Waals surface area contributed by atoms with Crippen LogP contribution in [0.5, 0.6) is 0 Å². The minimum Gasteiger partial charge on any atom is -0.388 e. The normalized spacial score (nSPS) is 12.8. The van der Waals surface area contributed by atoms with Crippen molar-refractivity contribution in [3.63, 3.8) is 0 Å². The first-order chi connectivity index (χ1) is 11.2. The molecule has 0 bridgehead atoms. The summed E-state index contributed by atoms with van der Waals surface area (Å²) < 4.78 is 51.6. The molecular weight excluding hydrogens is 326 g/mol. The van der Waals surface area contributed by atoms with Crippen LogP contribution in [0.3, 0.4) is 0 Å². The Kier molecular flexibility index (Phi) is 5.23. The van der Waals surface area contributed by atoms with Crippen LogP contribution in [0.15, 0.2) is 42.5 Å². The van der Waals surface area contributed by atoms with Crippen LogP contribution in [0, 0.1) is 12.7 Å². The maximum absolute atomic E-state index is 13.1. The third-order valence-electron chi connectivity index (χ3n) is 3.53. The minimum atomic E-state index is -4.52. The third kappa shape index (κ3) is 4.32. The van der Waals surface area contributed by atoms with Gasteiger partial charge in [0, 0.05) is 5.69 Å². The molecule has 0 spiro atoms. The van der Waals surface area contributed by atoms with Crippen molar-refractivity contribution in [3.05, 3.63) is 65.0 Å². The van der Waals surface area contributed by atoms with E-state index in [1.165, 1.54) is 37.3 Å². The Hall–Kier alpha value is -2.41. The van der Waals surface area contributed by atoms with Gasteiger partial charge in [0.25, 0.3) is 0 Å². The van der Waals surface area contributed by atoms with Gasteiger partial charge in [-0.2, -0.15) is 13.2 Å². The standard InChI is InChI=1S/C17H15F4NO2/c1-10-13(17(19,20)21)6-3-7-14(10)22-16(24)9-15(23)11-4-2-5-12(18)8-11/h2-8,15,23H,9H2,1H3,(H,22,24). The monoisotopic (exact) mass is 341 g/mol. The number of carbonyl (C=O) groups is 1. The van der Waals surface area contributed by atoms with Gasteiger partial charge in [0.2, 0.25) is 5.91 Å². The molecule has 2 aromatic carbocycles. The van der Waals surface area contributed by atoms with Crippen molar-refractivity contribution in [3.8, 4) is 0 Å². The fraction of sp³-hybridized carbons (Fsp3) is 0.235. The minimum absolute atomic E-state index is 0.0151. The van der Waals surface area contributed by atoms with E-state index in [4.69, 9.17) is 0 Å². The molecule has 7 heteroatoms. The van der Waals surface area contributed by atoms with E-state index in [1.807, 2.05) is 0 Å². The summed E-state index contributed by atoms with van der Waals surface area (Å²) >= 11 is 0. The average molecular weight is 341 g/mol. The summed E-state index contributed by atoms with van der Waals surface area (Å²) in [5.74, 6) is -1.23. The van der Waals surface area contributed by atoms with Gasteiger partial charge in [0.05, 0.1) is 18.1 Å². The Morgan fingerprint density at radius 3 is 2.50 bits per heavy atom. The molecular formula is C17H15F4NO2. The number of nitrogens with one attached hydrogen (secondary N) is 1. The molecule has 0 aromatic heterocycles. The summed E-state index contributed by atoms with van der Waals surface area (Å²) in [6.45, 7) is 1.25. The second kappa shape index (κ2) is 7.00. The summed E-state index contributed by atoms with van der Waals surface area (Å²) in [6, 6.07) is 8.59. The number of aliphatic hydroxyl groups excluding tert-OH is 1. The van der Waals surface area contributed by atoms with Crippen molar-refractivity contribution in [2.75, 3.05) is 5.32 Å². The molecule has 2 rings (SSSR count). The van der Waals surface area contributed by atoms with E-state index >= 15 is 0 Å². The summed E-state index contributed by atoms with van der Waals surface area (Å²) in [7, 11) is 0. The summed E-state index contributed by atoms with van der Waals surface area (Å²) in [5, 5.41) is 12.3. The molecule has 1 atom stereocenters. The maximum Gasteiger partial charge on any atom is 0.416 e. The van der Waals surface area contributed by atoms with Gasteiger partial charge in [0.15, 0.2) is 0 Å². The fourth-order valence-corrected chi connectivity index (χ4v) is 2.29. The van der Waals surface area contributed by atoms with Crippen molar-refractivity contribution in [1.29, 1.82) is 0 Å². The molecule has 3 nitrogen and oxygen atoms in total. The average Bonchev–Trinajstić information content (AvgIpc) is 2.48. The van der Waals surface area contributed by atoms with Crippen LogP contribution < -0.4 is 5.32 Å². The number of hydrogen-bond donors (Lipinski definition) is 2. The quantitative estimate of drug-likeness (QED) is 0.818. The number of alkyl halides is 3. The van der Waals surface area contributed by atoms with Gasteiger partial charge in [0.1, 0.15) is 5.82 Å². The van der Waals surface area contributed by atoms with Gasteiger partial charge in [-0.25, -0.2) is 4.39 Å². The van der Waals surface area contributed by atoms with E-state index in [0.29, 0.717) is 0 Å². The molecule has 0 aliphatic rings. The highest BCUT2D eigenvalue weighted by Crippen LogP contribution is 2.34. The molecule has 0 radical (unpaired) electrons. The largest absolute Gasteiger partial charge is 0.416 e. The summed E-state index contributed by atoms with van der Waals surface area (Å²) in [4.78, 5) is 11.9. The predicted molar refractivity (Wildman–Crippen MR) is 80.8 cm³/mol. The lowest BCUT2D eigenvalue weighted by atomic mass is 10.0. The van der Waals surface area contributed by atoms with Crippen LogP contribution in [0.1, 0.15) is 29.2 Å². The Morgan fingerprint density at radius 1 is 1.21 bits per heavy atom. The van der Waals surface area contributed by atoms with Gasteiger partial charge < -0.3 is 10.4 Å². The lowest BCUT2D eigenvalue weighted by Gasteiger charge is -2.16. The lowest BCUT2D eigenvalue weighted by Crippen LogP contribution is -2.17. The molecule has 1 unspecified atom stereocenters. The molecule has 0 saturated carbocycles. The number of hydrogen-bond acceptors (Lipinski definition) is 2. The van der Waals surface area contributed by atoms with E-state index < -0.39 is 36.0 Å². The van der Waals surface area contributed by atoms with Crippen molar-refractivity contribution in [2.24, 2.45) is 0 Å². The van der Waals surface area contributed by atoms with E-state index in [0.717, 1.165) is 12.1 Å². The first-order valence-corrected chi connectivity index (χ1v) is 7.08. The topological polar surface area (TPSA) is 49.3 Å². The highest BCUT2D eigenvalue weighted by Gasteiger charge is 2.33. The molecule has 0 aliphatic heterocycles. The number of amides is 1.